The van der Waals surface area contributed by atoms with Crippen LogP contribution in [-0.4, -0.2) is 44.4 Å². The van der Waals surface area contributed by atoms with E-state index in [2.05, 4.69) is 10.3 Å². The van der Waals surface area contributed by atoms with Crippen LogP contribution in [0.1, 0.15) is 29.3 Å². The van der Waals surface area contributed by atoms with Crippen molar-refractivity contribution < 1.29 is 14.6 Å². The molecule has 2 heterocycles. The van der Waals surface area contributed by atoms with E-state index in [4.69, 9.17) is 21.4 Å². The van der Waals surface area contributed by atoms with E-state index in [0.29, 0.717) is 28.6 Å². The lowest BCUT2D eigenvalue weighted by molar-refractivity contribution is 0.0154. The predicted molar refractivity (Wildman–Crippen MR) is 136 cm³/mol. The quantitative estimate of drug-likeness (QED) is 0.291. The summed E-state index contributed by atoms with van der Waals surface area (Å²) in [5, 5.41) is 18.7. The van der Waals surface area contributed by atoms with Crippen molar-refractivity contribution in [1.29, 1.82) is 0 Å². The fraction of sp³-hybridized carbons (Fsp3) is 0.296. The number of hydrogen-bond acceptors (Lipinski definition) is 6. The summed E-state index contributed by atoms with van der Waals surface area (Å²) in [6, 6.07) is 20.5. The minimum atomic E-state index is -0.439. The Morgan fingerprint density at radius 1 is 1.17 bits per heavy atom. The Bertz CT molecular complexity index is 1340. The topological polar surface area (TPSA) is 88.8 Å². The molecule has 8 heteroatoms. The van der Waals surface area contributed by atoms with Crippen molar-refractivity contribution in [2.45, 2.75) is 32.4 Å². The Morgan fingerprint density at radius 3 is 2.54 bits per heavy atom. The highest BCUT2D eigenvalue weighted by Crippen LogP contribution is 2.37. The molecule has 7 nitrogen and oxygen atoms in total. The van der Waals surface area contributed by atoms with Gasteiger partial charge in [-0.1, -0.05) is 67.1 Å². The van der Waals surface area contributed by atoms with Crippen LogP contribution in [0, 0.1) is 18.8 Å². The third-order valence-electron chi connectivity index (χ3n) is 6.87. The number of esters is 1. The van der Waals surface area contributed by atoms with Crippen molar-refractivity contribution in [2.75, 3.05) is 11.9 Å². The zero-order valence-corrected chi connectivity index (χ0v) is 20.3. The van der Waals surface area contributed by atoms with Gasteiger partial charge in [0, 0.05) is 29.7 Å². The van der Waals surface area contributed by atoms with Crippen LogP contribution in [0.3, 0.4) is 0 Å². The van der Waals surface area contributed by atoms with Crippen LogP contribution < -0.4 is 5.32 Å². The molecule has 4 atom stereocenters. The van der Waals surface area contributed by atoms with Gasteiger partial charge in [-0.15, -0.1) is 0 Å². The molecule has 0 amide bonds. The van der Waals surface area contributed by atoms with E-state index in [0.717, 1.165) is 16.8 Å². The molecule has 0 aliphatic heterocycles. The summed E-state index contributed by atoms with van der Waals surface area (Å²) < 4.78 is 7.74. The van der Waals surface area contributed by atoms with Crippen molar-refractivity contribution in [3.8, 4) is 11.3 Å². The Hall–Kier alpha value is -3.42. The van der Waals surface area contributed by atoms with Gasteiger partial charge in [0.25, 0.3) is 0 Å². The summed E-state index contributed by atoms with van der Waals surface area (Å²) in [6.45, 7) is 3.91. The normalized spacial score (nSPS) is 21.8. The average molecular weight is 491 g/mol. The van der Waals surface area contributed by atoms with Crippen molar-refractivity contribution >= 4 is 29.0 Å². The smallest absolute Gasteiger partial charge is 0.338 e. The van der Waals surface area contributed by atoms with Gasteiger partial charge in [-0.25, -0.2) is 9.78 Å². The predicted octanol–water partition coefficient (Wildman–Crippen LogP) is 5.01. The lowest BCUT2D eigenvalue weighted by Gasteiger charge is -2.26. The van der Waals surface area contributed by atoms with Gasteiger partial charge in [0.2, 0.25) is 0 Å². The Labute approximate surface area is 208 Å². The molecule has 0 radical (unpaired) electrons. The van der Waals surface area contributed by atoms with Crippen LogP contribution in [0.4, 0.5) is 5.82 Å². The third-order valence-corrected chi connectivity index (χ3v) is 7.24. The Morgan fingerprint density at radius 2 is 1.86 bits per heavy atom. The molecule has 0 bridgehead atoms. The summed E-state index contributed by atoms with van der Waals surface area (Å²) in [5.41, 5.74) is 3.61. The van der Waals surface area contributed by atoms with Gasteiger partial charge in [0.05, 0.1) is 17.3 Å². The molecule has 1 unspecified atom stereocenters. The number of aliphatic hydroxyl groups excluding tert-OH is 1. The Kier molecular flexibility index (Phi) is 6.45. The number of nitrogens with zero attached hydrogens (tertiary/aromatic N) is 3. The zero-order chi connectivity index (χ0) is 24.5. The maximum absolute atomic E-state index is 12.9. The van der Waals surface area contributed by atoms with E-state index in [1.54, 1.807) is 16.6 Å². The molecule has 5 rings (SSSR count). The molecule has 1 fully saturated rings. The highest BCUT2D eigenvalue weighted by atomic mass is 35.5. The molecule has 2 N–H and O–H groups in total. The molecule has 2 aromatic heterocycles. The van der Waals surface area contributed by atoms with Gasteiger partial charge in [-0.3, -0.25) is 0 Å². The first-order chi connectivity index (χ1) is 17.0. The summed E-state index contributed by atoms with van der Waals surface area (Å²) in [4.78, 5) is 17.4. The number of benzene rings is 2. The number of carbonyl (C=O) groups excluding carboxylic acids is 1. The largest absolute Gasteiger partial charge is 0.456 e. The second-order valence-corrected chi connectivity index (χ2v) is 9.42. The van der Waals surface area contributed by atoms with E-state index in [9.17, 15) is 9.90 Å². The summed E-state index contributed by atoms with van der Waals surface area (Å²) in [6.07, 6.45) is 0.198. The first-order valence-corrected chi connectivity index (χ1v) is 12.1. The van der Waals surface area contributed by atoms with E-state index < -0.39 is 6.10 Å². The van der Waals surface area contributed by atoms with Crippen molar-refractivity contribution in [3.63, 3.8) is 0 Å². The van der Waals surface area contributed by atoms with Crippen LogP contribution in [0.15, 0.2) is 66.7 Å². The number of hydrogen-bond donors (Lipinski definition) is 2. The number of aromatic nitrogens is 3. The van der Waals surface area contributed by atoms with E-state index in [1.807, 2.05) is 68.4 Å². The van der Waals surface area contributed by atoms with Crippen LogP contribution >= 0.6 is 11.6 Å². The van der Waals surface area contributed by atoms with Crippen LogP contribution in [0.5, 0.6) is 0 Å². The minimum Gasteiger partial charge on any atom is -0.456 e. The lowest BCUT2D eigenvalue weighted by Crippen LogP contribution is -2.36. The minimum absolute atomic E-state index is 0.00770. The van der Waals surface area contributed by atoms with Crippen molar-refractivity contribution in [1.82, 2.24) is 14.6 Å². The monoisotopic (exact) mass is 490 g/mol. The van der Waals surface area contributed by atoms with Crippen LogP contribution in [0.25, 0.3) is 16.9 Å². The molecule has 1 aliphatic carbocycles. The number of anilines is 1. The molecule has 4 aromatic rings. The third kappa shape index (κ3) is 4.49. The molecular weight excluding hydrogens is 464 g/mol. The first-order valence-electron chi connectivity index (χ1n) is 11.7. The Balaban J connectivity index is 1.49. The molecule has 1 aliphatic rings. The second kappa shape index (κ2) is 9.68. The summed E-state index contributed by atoms with van der Waals surface area (Å²) in [5.74, 6) is 0.272. The number of ether oxygens (including phenoxy) is 1. The summed E-state index contributed by atoms with van der Waals surface area (Å²) >= 11 is 6.50. The van der Waals surface area contributed by atoms with Gasteiger partial charge in [0.15, 0.2) is 5.65 Å². The number of fused-ring (bicyclic) bond motifs is 1. The van der Waals surface area contributed by atoms with Crippen LogP contribution in [0.2, 0.25) is 5.15 Å². The number of rotatable bonds is 6. The van der Waals surface area contributed by atoms with Gasteiger partial charge in [-0.05, 0) is 31.4 Å². The number of carbonyl (C=O) groups is 1. The van der Waals surface area contributed by atoms with Gasteiger partial charge in [-0.2, -0.15) is 9.61 Å². The fourth-order valence-corrected chi connectivity index (χ4v) is 4.97. The zero-order valence-electron chi connectivity index (χ0n) is 19.6. The van der Waals surface area contributed by atoms with E-state index in [-0.39, 0.29) is 30.5 Å². The number of aliphatic hydroxyl groups is 1. The maximum atomic E-state index is 12.9. The molecular formula is C27H27ClN4O3. The second-order valence-electron chi connectivity index (χ2n) is 9.07. The molecule has 180 valence electrons. The highest BCUT2D eigenvalue weighted by Gasteiger charge is 2.43. The summed E-state index contributed by atoms with van der Waals surface area (Å²) in [7, 11) is 0. The van der Waals surface area contributed by atoms with Gasteiger partial charge < -0.3 is 15.2 Å². The molecule has 1 saturated carbocycles. The van der Waals surface area contributed by atoms with E-state index in [1.165, 1.54) is 0 Å². The number of nitrogens with one attached hydrogen (secondary N) is 1. The molecule has 0 saturated heterocycles. The fourth-order valence-electron chi connectivity index (χ4n) is 4.80. The van der Waals surface area contributed by atoms with Crippen molar-refractivity contribution in [2.24, 2.45) is 11.8 Å². The lowest BCUT2D eigenvalue weighted by atomic mass is 9.98. The number of halogens is 1. The van der Waals surface area contributed by atoms with Gasteiger partial charge in [0.1, 0.15) is 17.1 Å². The van der Waals surface area contributed by atoms with E-state index >= 15 is 0 Å². The maximum Gasteiger partial charge on any atom is 0.338 e. The SMILES string of the molecule is Cc1c(Cl)nc2cc(-c3ccccc3)nn2c1N[C@@H]1C[C@H](CO)[C@@H](C)C1OC(=O)c1ccccc1. The van der Waals surface area contributed by atoms with Crippen LogP contribution in [-0.2, 0) is 4.74 Å². The van der Waals surface area contributed by atoms with Crippen molar-refractivity contribution in [3.05, 3.63) is 83.0 Å². The molecule has 0 spiro atoms. The molecule has 2 aromatic carbocycles. The first kappa shape index (κ1) is 23.3. The highest BCUT2D eigenvalue weighted by molar-refractivity contribution is 6.30. The average Bonchev–Trinajstić information content (AvgIpc) is 3.44. The molecule has 35 heavy (non-hydrogen) atoms. The standard InChI is InChI=1S/C27H27ClN4O3/c1-16-20(15-33)13-22(24(16)35-27(34)19-11-7-4-8-12-19)29-26-17(2)25(28)30-23-14-21(31-32(23)26)18-9-5-3-6-10-18/h3-12,14,16,20,22,24,29,33H,13,15H2,1-2H3/t16-,20-,22-,24?/m1/s1. The van der Waals surface area contributed by atoms with Gasteiger partial charge >= 0.3 is 5.97 Å².